The van der Waals surface area contributed by atoms with Crippen molar-refractivity contribution in [3.63, 3.8) is 0 Å². The van der Waals surface area contributed by atoms with Gasteiger partial charge < -0.3 is 0 Å². The number of para-hydroxylation sites is 2. The third kappa shape index (κ3) is 1.93. The normalized spacial score (nSPS) is 14.3. The summed E-state index contributed by atoms with van der Waals surface area (Å²) in [5, 5.41) is 1.30. The highest BCUT2D eigenvalue weighted by Crippen LogP contribution is 2.50. The first-order valence-corrected chi connectivity index (χ1v) is 9.08. The van der Waals surface area contributed by atoms with Crippen LogP contribution in [0.1, 0.15) is 30.5 Å². The molecule has 0 amide bonds. The summed E-state index contributed by atoms with van der Waals surface area (Å²) in [7, 11) is 0. The van der Waals surface area contributed by atoms with Crippen LogP contribution in [0.3, 0.4) is 0 Å². The number of hydrogen-bond donors (Lipinski definition) is 0. The molecule has 2 nitrogen and oxygen atoms in total. The fourth-order valence-electron chi connectivity index (χ4n) is 4.36. The molecule has 0 saturated heterocycles. The van der Waals surface area contributed by atoms with E-state index in [2.05, 4.69) is 91.1 Å². The Kier molecular flexibility index (Phi) is 3.08. The Labute approximate surface area is 153 Å². The Morgan fingerprint density at radius 2 is 1.65 bits per heavy atom. The van der Waals surface area contributed by atoms with Gasteiger partial charge >= 0.3 is 0 Å². The molecule has 0 aliphatic heterocycles. The van der Waals surface area contributed by atoms with E-state index in [9.17, 15) is 0 Å². The molecular weight excluding hydrogens is 316 g/mol. The lowest BCUT2D eigenvalue weighted by atomic mass is 9.83. The molecule has 2 heterocycles. The number of aryl methyl sites for hydroxylation is 1. The van der Waals surface area contributed by atoms with E-state index in [0.717, 1.165) is 0 Å². The predicted molar refractivity (Wildman–Crippen MR) is 106 cm³/mol. The van der Waals surface area contributed by atoms with Gasteiger partial charge in [0.2, 0.25) is 11.2 Å². The van der Waals surface area contributed by atoms with Crippen LogP contribution in [-0.2, 0) is 5.41 Å². The van der Waals surface area contributed by atoms with E-state index in [1.807, 2.05) is 12.4 Å². The molecule has 0 unspecified atom stereocenters. The highest BCUT2D eigenvalue weighted by Gasteiger charge is 2.40. The Bertz CT molecular complexity index is 1170. The minimum Gasteiger partial charge on any atom is -0.264 e. The summed E-state index contributed by atoms with van der Waals surface area (Å²) >= 11 is 0. The van der Waals surface area contributed by atoms with Gasteiger partial charge in [0.25, 0.3) is 0 Å². The molecule has 0 N–H and O–H groups in total. The molecule has 0 fully saturated rings. The maximum atomic E-state index is 4.40. The minimum atomic E-state index is -0.0621. The van der Waals surface area contributed by atoms with Gasteiger partial charge in [0.15, 0.2) is 6.20 Å². The first-order chi connectivity index (χ1) is 12.6. The summed E-state index contributed by atoms with van der Waals surface area (Å²) in [5.41, 5.74) is 9.02. The molecule has 0 bridgehead atoms. The zero-order valence-electron chi connectivity index (χ0n) is 15.3. The zero-order chi connectivity index (χ0) is 17.9. The first kappa shape index (κ1) is 15.3. The van der Waals surface area contributed by atoms with Crippen LogP contribution >= 0.6 is 0 Å². The van der Waals surface area contributed by atoms with Gasteiger partial charge in [-0.2, -0.15) is 4.57 Å². The van der Waals surface area contributed by atoms with Crippen molar-refractivity contribution in [1.29, 1.82) is 0 Å². The second-order valence-corrected chi connectivity index (χ2v) is 7.64. The molecule has 1 aliphatic carbocycles. The number of pyridine rings is 2. The Morgan fingerprint density at radius 3 is 2.50 bits per heavy atom. The fraction of sp³-hybridized carbons (Fsp3) is 0.167. The van der Waals surface area contributed by atoms with Crippen molar-refractivity contribution < 1.29 is 4.57 Å². The topological polar surface area (TPSA) is 16.8 Å². The molecule has 0 atom stereocenters. The van der Waals surface area contributed by atoms with Crippen molar-refractivity contribution in [3.05, 3.63) is 89.9 Å². The smallest absolute Gasteiger partial charge is 0.219 e. The molecule has 26 heavy (non-hydrogen) atoms. The van der Waals surface area contributed by atoms with Gasteiger partial charge in [0.1, 0.15) is 0 Å². The predicted octanol–water partition coefficient (Wildman–Crippen LogP) is 5.13. The first-order valence-electron chi connectivity index (χ1n) is 9.08. The largest absolute Gasteiger partial charge is 0.264 e. The number of benzene rings is 2. The summed E-state index contributed by atoms with van der Waals surface area (Å²) < 4.78 is 2.35. The molecule has 1 aliphatic rings. The van der Waals surface area contributed by atoms with Crippen LogP contribution in [-0.4, -0.2) is 4.98 Å². The van der Waals surface area contributed by atoms with Gasteiger partial charge in [-0.3, -0.25) is 4.98 Å². The highest BCUT2D eigenvalue weighted by molar-refractivity contribution is 5.99. The molecule has 126 valence electrons. The number of aromatic nitrogens is 2. The molecule has 2 aromatic heterocycles. The van der Waals surface area contributed by atoms with Gasteiger partial charge in [0.05, 0.1) is 5.39 Å². The van der Waals surface area contributed by atoms with Crippen LogP contribution in [0.2, 0.25) is 0 Å². The summed E-state index contributed by atoms with van der Waals surface area (Å²) in [5.74, 6) is 0. The molecule has 2 heteroatoms. The SMILES string of the molecule is Cc1ccccc1-[n+]1cc2c(c3ccccc31)-c1ccncc1C2(C)C. The van der Waals surface area contributed by atoms with E-state index >= 15 is 0 Å². The van der Waals surface area contributed by atoms with Crippen LogP contribution in [0.5, 0.6) is 0 Å². The van der Waals surface area contributed by atoms with Crippen LogP contribution in [0.15, 0.2) is 73.2 Å². The second kappa shape index (κ2) is 5.25. The lowest BCUT2D eigenvalue weighted by molar-refractivity contribution is -0.568. The molecule has 0 spiro atoms. The Hall–Kier alpha value is -3.00. The summed E-state index contributed by atoms with van der Waals surface area (Å²) in [6.07, 6.45) is 6.27. The van der Waals surface area contributed by atoms with Gasteiger partial charge in [-0.15, -0.1) is 0 Å². The van der Waals surface area contributed by atoms with E-state index in [1.165, 1.54) is 44.4 Å². The third-order valence-corrected chi connectivity index (χ3v) is 5.77. The minimum absolute atomic E-state index is 0.0621. The van der Waals surface area contributed by atoms with Crippen molar-refractivity contribution in [2.45, 2.75) is 26.2 Å². The van der Waals surface area contributed by atoms with E-state index in [0.29, 0.717) is 0 Å². The van der Waals surface area contributed by atoms with E-state index < -0.39 is 0 Å². The van der Waals surface area contributed by atoms with E-state index in [-0.39, 0.29) is 5.41 Å². The van der Waals surface area contributed by atoms with Crippen molar-refractivity contribution in [1.82, 2.24) is 4.98 Å². The highest BCUT2D eigenvalue weighted by atomic mass is 15.0. The van der Waals surface area contributed by atoms with Crippen LogP contribution in [0.4, 0.5) is 0 Å². The maximum Gasteiger partial charge on any atom is 0.219 e. The van der Waals surface area contributed by atoms with Crippen molar-refractivity contribution in [2.75, 3.05) is 0 Å². The lowest BCUT2D eigenvalue weighted by Gasteiger charge is -2.20. The second-order valence-electron chi connectivity index (χ2n) is 7.64. The van der Waals surface area contributed by atoms with Crippen LogP contribution < -0.4 is 4.57 Å². The number of rotatable bonds is 1. The van der Waals surface area contributed by atoms with E-state index in [1.54, 1.807) is 0 Å². The van der Waals surface area contributed by atoms with Crippen molar-refractivity contribution in [3.8, 4) is 16.8 Å². The van der Waals surface area contributed by atoms with Crippen molar-refractivity contribution >= 4 is 10.9 Å². The molecule has 2 aromatic carbocycles. The quantitative estimate of drug-likeness (QED) is 0.440. The van der Waals surface area contributed by atoms with Gasteiger partial charge in [-0.05, 0) is 30.2 Å². The number of nitrogens with zero attached hydrogens (tertiary/aromatic N) is 2. The molecule has 0 saturated carbocycles. The Balaban J connectivity index is 1.96. The maximum absolute atomic E-state index is 4.40. The van der Waals surface area contributed by atoms with Crippen molar-refractivity contribution in [2.24, 2.45) is 0 Å². The lowest BCUT2D eigenvalue weighted by Crippen LogP contribution is -2.34. The van der Waals surface area contributed by atoms with Gasteiger partial charge in [-0.25, -0.2) is 0 Å². The fourth-order valence-corrected chi connectivity index (χ4v) is 4.36. The average Bonchev–Trinajstić information content (AvgIpc) is 2.90. The zero-order valence-corrected chi connectivity index (χ0v) is 15.3. The van der Waals surface area contributed by atoms with Gasteiger partial charge in [-0.1, -0.05) is 44.2 Å². The number of fused-ring (bicyclic) bond motifs is 5. The number of hydrogen-bond acceptors (Lipinski definition) is 1. The summed E-state index contributed by atoms with van der Waals surface area (Å²) in [4.78, 5) is 4.40. The standard InChI is InChI=1S/C24H21N2/c1-16-8-4-6-10-21(16)26-15-20-23(18-9-5-7-11-22(18)26)17-12-13-25-14-19(17)24(20,2)3/h4-15H,1-3H3/q+1. The molecule has 5 rings (SSSR count). The molecule has 0 radical (unpaired) electrons. The van der Waals surface area contributed by atoms with Crippen LogP contribution in [0.25, 0.3) is 27.7 Å². The summed E-state index contributed by atoms with van der Waals surface area (Å²) in [6, 6.07) is 19.5. The van der Waals surface area contributed by atoms with Crippen LogP contribution in [0, 0.1) is 6.92 Å². The van der Waals surface area contributed by atoms with E-state index in [4.69, 9.17) is 0 Å². The third-order valence-electron chi connectivity index (χ3n) is 5.77. The summed E-state index contributed by atoms with van der Waals surface area (Å²) in [6.45, 7) is 6.78. The monoisotopic (exact) mass is 337 g/mol. The molecule has 4 aromatic rings. The van der Waals surface area contributed by atoms with Gasteiger partial charge in [0, 0.05) is 46.6 Å². The average molecular weight is 337 g/mol. The Morgan fingerprint density at radius 1 is 0.885 bits per heavy atom. The molecular formula is C24H21N2+.